The highest BCUT2D eigenvalue weighted by atomic mass is 79.9. The molecule has 2 aliphatic heterocycles. The Labute approximate surface area is 197 Å². The molecule has 2 aliphatic rings. The Bertz CT molecular complexity index is 1160. The standard InChI is InChI=1S/C23H20BrNO4S2/c24-6-9-28-16-4-5-19-21(14-16)30-20-3-1-2-17(23(20)31-19)18-12-15(26)13-22(29-18)25-7-10-27-11-8-25/h1-5,12-14H,6-11H2. The van der Waals surface area contributed by atoms with Crippen LogP contribution in [0.25, 0.3) is 11.3 Å². The van der Waals surface area contributed by atoms with E-state index in [0.717, 1.165) is 39.5 Å². The van der Waals surface area contributed by atoms with Gasteiger partial charge in [0.2, 0.25) is 0 Å². The molecule has 0 radical (unpaired) electrons. The minimum atomic E-state index is -0.0530. The predicted octanol–water partition coefficient (Wildman–Crippen LogP) is 5.53. The van der Waals surface area contributed by atoms with Gasteiger partial charge < -0.3 is 18.8 Å². The molecule has 0 bridgehead atoms. The third-order valence-corrected chi connectivity index (χ3v) is 7.93. The summed E-state index contributed by atoms with van der Waals surface area (Å²) >= 11 is 6.81. The van der Waals surface area contributed by atoms with Gasteiger partial charge in [-0.3, -0.25) is 4.79 Å². The topological polar surface area (TPSA) is 51.9 Å². The van der Waals surface area contributed by atoms with Gasteiger partial charge >= 0.3 is 0 Å². The molecule has 3 heterocycles. The summed E-state index contributed by atoms with van der Waals surface area (Å²) in [4.78, 5) is 19.1. The molecular weight excluding hydrogens is 498 g/mol. The van der Waals surface area contributed by atoms with E-state index in [4.69, 9.17) is 13.9 Å². The monoisotopic (exact) mass is 517 g/mol. The van der Waals surface area contributed by atoms with E-state index in [1.165, 1.54) is 9.79 Å². The van der Waals surface area contributed by atoms with Crippen molar-refractivity contribution in [1.82, 2.24) is 0 Å². The number of hydrogen-bond acceptors (Lipinski definition) is 7. The van der Waals surface area contributed by atoms with E-state index in [0.29, 0.717) is 31.5 Å². The normalized spacial score (nSPS) is 15.3. The number of nitrogens with zero attached hydrogens (tertiary/aromatic N) is 1. The summed E-state index contributed by atoms with van der Waals surface area (Å²) in [5.74, 6) is 2.07. The molecule has 160 valence electrons. The molecule has 31 heavy (non-hydrogen) atoms. The zero-order valence-corrected chi connectivity index (χ0v) is 19.9. The van der Waals surface area contributed by atoms with Gasteiger partial charge in [-0.05, 0) is 24.3 Å². The van der Waals surface area contributed by atoms with Gasteiger partial charge in [-0.2, -0.15) is 0 Å². The molecule has 0 spiro atoms. The number of halogens is 1. The molecule has 0 N–H and O–H groups in total. The van der Waals surface area contributed by atoms with Crippen LogP contribution in [0.3, 0.4) is 0 Å². The Balaban J connectivity index is 1.49. The first kappa shape index (κ1) is 21.0. The first-order valence-electron chi connectivity index (χ1n) is 10.0. The number of rotatable bonds is 5. The molecule has 1 aromatic heterocycles. The lowest BCUT2D eigenvalue weighted by Crippen LogP contribution is -2.36. The van der Waals surface area contributed by atoms with Crippen molar-refractivity contribution >= 4 is 45.3 Å². The second-order valence-electron chi connectivity index (χ2n) is 7.08. The lowest BCUT2D eigenvalue weighted by molar-refractivity contribution is 0.120. The van der Waals surface area contributed by atoms with Crippen LogP contribution in [0.15, 0.2) is 77.3 Å². The molecule has 0 amide bonds. The van der Waals surface area contributed by atoms with Crippen molar-refractivity contribution in [2.75, 3.05) is 43.1 Å². The number of ether oxygens (including phenoxy) is 2. The highest BCUT2D eigenvalue weighted by Gasteiger charge is 2.23. The summed E-state index contributed by atoms with van der Waals surface area (Å²) in [7, 11) is 0. The zero-order chi connectivity index (χ0) is 21.2. The van der Waals surface area contributed by atoms with Crippen LogP contribution in [0.2, 0.25) is 0 Å². The number of morpholine rings is 1. The third-order valence-electron chi connectivity index (χ3n) is 5.01. The highest BCUT2D eigenvalue weighted by molar-refractivity contribution is 9.09. The maximum Gasteiger partial charge on any atom is 0.200 e. The fourth-order valence-electron chi connectivity index (χ4n) is 3.56. The summed E-state index contributed by atoms with van der Waals surface area (Å²) < 4.78 is 17.4. The third kappa shape index (κ3) is 4.53. The molecule has 1 fully saturated rings. The smallest absolute Gasteiger partial charge is 0.200 e. The van der Waals surface area contributed by atoms with Gasteiger partial charge in [-0.15, -0.1) is 0 Å². The molecule has 2 aromatic carbocycles. The summed E-state index contributed by atoms with van der Waals surface area (Å²) in [5.41, 5.74) is 0.885. The first-order chi connectivity index (χ1) is 15.2. The Hall–Kier alpha value is -1.87. The van der Waals surface area contributed by atoms with Crippen LogP contribution < -0.4 is 15.1 Å². The van der Waals surface area contributed by atoms with Crippen molar-refractivity contribution in [3.05, 3.63) is 58.8 Å². The maximum absolute atomic E-state index is 12.5. The Morgan fingerprint density at radius 2 is 1.87 bits per heavy atom. The summed E-state index contributed by atoms with van der Waals surface area (Å²) in [6.45, 7) is 3.35. The molecule has 3 aromatic rings. The molecule has 0 saturated carbocycles. The van der Waals surface area contributed by atoms with Crippen molar-refractivity contribution in [2.24, 2.45) is 0 Å². The number of benzene rings is 2. The molecular formula is C23H20BrNO4S2. The highest BCUT2D eigenvalue weighted by Crippen LogP contribution is 2.52. The van der Waals surface area contributed by atoms with E-state index < -0.39 is 0 Å². The van der Waals surface area contributed by atoms with Crippen LogP contribution in [0.1, 0.15) is 0 Å². The zero-order valence-electron chi connectivity index (χ0n) is 16.6. The van der Waals surface area contributed by atoms with Gasteiger partial charge in [0.25, 0.3) is 0 Å². The average Bonchev–Trinajstić information content (AvgIpc) is 2.81. The lowest BCUT2D eigenvalue weighted by Gasteiger charge is -2.27. The van der Waals surface area contributed by atoms with Gasteiger partial charge in [0.15, 0.2) is 11.3 Å². The van der Waals surface area contributed by atoms with Gasteiger partial charge in [0, 0.05) is 55.7 Å². The van der Waals surface area contributed by atoms with E-state index in [1.54, 1.807) is 35.7 Å². The van der Waals surface area contributed by atoms with Crippen molar-refractivity contribution in [3.63, 3.8) is 0 Å². The van der Waals surface area contributed by atoms with Crippen molar-refractivity contribution < 1.29 is 13.9 Å². The first-order valence-corrected chi connectivity index (χ1v) is 12.8. The van der Waals surface area contributed by atoms with Crippen molar-refractivity contribution in [2.45, 2.75) is 19.6 Å². The maximum atomic E-state index is 12.5. The number of hydrogen-bond donors (Lipinski definition) is 0. The molecule has 5 rings (SSSR count). The second-order valence-corrected chi connectivity index (χ2v) is 10.0. The van der Waals surface area contributed by atoms with Crippen LogP contribution in [-0.4, -0.2) is 38.2 Å². The van der Waals surface area contributed by atoms with E-state index in [2.05, 4.69) is 39.0 Å². The molecule has 0 aliphatic carbocycles. The van der Waals surface area contributed by atoms with Crippen LogP contribution >= 0.6 is 39.5 Å². The van der Waals surface area contributed by atoms with Gasteiger partial charge in [-0.1, -0.05) is 51.6 Å². The molecule has 0 unspecified atom stereocenters. The number of fused-ring (bicyclic) bond motifs is 2. The van der Waals surface area contributed by atoms with Gasteiger partial charge in [0.05, 0.1) is 19.8 Å². The summed E-state index contributed by atoms with van der Waals surface area (Å²) in [5, 5.41) is 0.799. The van der Waals surface area contributed by atoms with E-state index in [9.17, 15) is 4.79 Å². The van der Waals surface area contributed by atoms with E-state index in [-0.39, 0.29) is 5.43 Å². The largest absolute Gasteiger partial charge is 0.493 e. The molecule has 1 saturated heterocycles. The van der Waals surface area contributed by atoms with Crippen LogP contribution in [0.5, 0.6) is 5.75 Å². The molecule has 5 nitrogen and oxygen atoms in total. The number of alkyl halides is 1. The fourth-order valence-corrected chi connectivity index (χ4v) is 6.11. The van der Waals surface area contributed by atoms with E-state index in [1.807, 2.05) is 18.2 Å². The summed E-state index contributed by atoms with van der Waals surface area (Å²) in [6.07, 6.45) is 0. The molecule has 0 atom stereocenters. The van der Waals surface area contributed by atoms with Crippen LogP contribution in [0.4, 0.5) is 5.88 Å². The second kappa shape index (κ2) is 9.32. The van der Waals surface area contributed by atoms with Crippen LogP contribution in [-0.2, 0) is 4.74 Å². The fraction of sp³-hybridized carbons (Fsp3) is 0.261. The minimum absolute atomic E-state index is 0.0530. The Morgan fingerprint density at radius 3 is 2.71 bits per heavy atom. The predicted molar refractivity (Wildman–Crippen MR) is 127 cm³/mol. The van der Waals surface area contributed by atoms with Gasteiger partial charge in [0.1, 0.15) is 11.5 Å². The Morgan fingerprint density at radius 1 is 1.00 bits per heavy atom. The van der Waals surface area contributed by atoms with E-state index >= 15 is 0 Å². The number of anilines is 1. The Kier molecular flexibility index (Phi) is 6.31. The average molecular weight is 518 g/mol. The quantitative estimate of drug-likeness (QED) is 0.322. The van der Waals surface area contributed by atoms with Crippen LogP contribution in [0, 0.1) is 0 Å². The summed E-state index contributed by atoms with van der Waals surface area (Å²) in [6, 6.07) is 15.5. The molecule has 8 heteroatoms. The lowest BCUT2D eigenvalue weighted by atomic mass is 10.1. The van der Waals surface area contributed by atoms with Crippen molar-refractivity contribution in [3.8, 4) is 17.1 Å². The SMILES string of the molecule is O=c1cc(-c2cccc3c2Sc2ccc(OCCBr)cc2S3)oc(N2CCOCC2)c1. The van der Waals surface area contributed by atoms with Crippen molar-refractivity contribution in [1.29, 1.82) is 0 Å². The minimum Gasteiger partial charge on any atom is -0.493 e. The van der Waals surface area contributed by atoms with Gasteiger partial charge in [-0.25, -0.2) is 0 Å².